The van der Waals surface area contributed by atoms with E-state index in [2.05, 4.69) is 0 Å². The SMILES string of the molecule is C[C@]1(O)N(Cc2ccccc2)C(=O)OC12CCCCC2. The predicted octanol–water partition coefficient (Wildman–Crippen LogP) is 3.05. The molecule has 1 amide bonds. The van der Waals surface area contributed by atoms with Crippen molar-refractivity contribution in [2.24, 2.45) is 0 Å². The number of hydrogen-bond donors (Lipinski definition) is 1. The number of rotatable bonds is 2. The molecule has 0 bridgehead atoms. The normalized spacial score (nSPS) is 28.7. The minimum Gasteiger partial charge on any atom is -0.438 e. The lowest BCUT2D eigenvalue weighted by molar-refractivity contribution is -0.160. The van der Waals surface area contributed by atoms with Gasteiger partial charge in [-0.15, -0.1) is 0 Å². The van der Waals surface area contributed by atoms with E-state index in [0.29, 0.717) is 6.54 Å². The topological polar surface area (TPSA) is 49.8 Å². The van der Waals surface area contributed by atoms with E-state index in [-0.39, 0.29) is 0 Å². The van der Waals surface area contributed by atoms with Crippen LogP contribution in [0.15, 0.2) is 30.3 Å². The van der Waals surface area contributed by atoms with Crippen molar-refractivity contribution in [1.29, 1.82) is 0 Å². The molecule has 0 unspecified atom stereocenters. The van der Waals surface area contributed by atoms with Crippen molar-refractivity contribution in [3.8, 4) is 0 Å². The molecule has 2 aliphatic rings. The monoisotopic (exact) mass is 275 g/mol. The molecule has 0 aromatic heterocycles. The molecule has 1 saturated heterocycles. The van der Waals surface area contributed by atoms with Crippen molar-refractivity contribution in [1.82, 2.24) is 4.90 Å². The minimum atomic E-state index is -1.24. The Bertz CT molecular complexity index is 492. The van der Waals surface area contributed by atoms with Gasteiger partial charge in [0.1, 0.15) is 0 Å². The van der Waals surface area contributed by atoms with Gasteiger partial charge in [0, 0.05) is 0 Å². The van der Waals surface area contributed by atoms with Crippen LogP contribution >= 0.6 is 0 Å². The number of carbonyl (C=O) groups excluding carboxylic acids is 1. The van der Waals surface area contributed by atoms with Crippen LogP contribution in [-0.2, 0) is 11.3 Å². The van der Waals surface area contributed by atoms with Crippen molar-refractivity contribution in [2.45, 2.75) is 56.9 Å². The van der Waals surface area contributed by atoms with E-state index in [4.69, 9.17) is 4.74 Å². The Hall–Kier alpha value is -1.55. The van der Waals surface area contributed by atoms with Gasteiger partial charge in [0.15, 0.2) is 11.3 Å². The van der Waals surface area contributed by atoms with Gasteiger partial charge in [0.2, 0.25) is 0 Å². The average molecular weight is 275 g/mol. The summed E-state index contributed by atoms with van der Waals surface area (Å²) >= 11 is 0. The van der Waals surface area contributed by atoms with Crippen LogP contribution < -0.4 is 0 Å². The van der Waals surface area contributed by atoms with Crippen LogP contribution in [0.5, 0.6) is 0 Å². The summed E-state index contributed by atoms with van der Waals surface area (Å²) in [5, 5.41) is 10.9. The smallest absolute Gasteiger partial charge is 0.413 e. The van der Waals surface area contributed by atoms with Gasteiger partial charge < -0.3 is 9.84 Å². The van der Waals surface area contributed by atoms with Crippen LogP contribution in [-0.4, -0.2) is 27.4 Å². The molecule has 108 valence electrons. The molecule has 1 aliphatic heterocycles. The molecule has 1 aliphatic carbocycles. The molecule has 20 heavy (non-hydrogen) atoms. The van der Waals surface area contributed by atoms with E-state index in [1.807, 2.05) is 30.3 Å². The third-order valence-electron chi connectivity index (χ3n) is 4.74. The molecule has 1 N–H and O–H groups in total. The zero-order valence-electron chi connectivity index (χ0n) is 11.8. The van der Waals surface area contributed by atoms with Gasteiger partial charge in [-0.25, -0.2) is 4.79 Å². The van der Waals surface area contributed by atoms with E-state index in [1.54, 1.807) is 6.92 Å². The van der Waals surface area contributed by atoms with Crippen molar-refractivity contribution < 1.29 is 14.6 Å². The summed E-state index contributed by atoms with van der Waals surface area (Å²) in [6.45, 7) is 2.10. The number of benzene rings is 1. The lowest BCUT2D eigenvalue weighted by atomic mass is 9.77. The quantitative estimate of drug-likeness (QED) is 0.902. The van der Waals surface area contributed by atoms with E-state index < -0.39 is 17.4 Å². The first-order chi connectivity index (χ1) is 9.55. The highest BCUT2D eigenvalue weighted by Gasteiger charge is 2.61. The Kier molecular flexibility index (Phi) is 3.21. The molecule has 4 heteroatoms. The number of aliphatic hydroxyl groups is 1. The summed E-state index contributed by atoms with van der Waals surface area (Å²) < 4.78 is 5.63. The second-order valence-corrected chi connectivity index (χ2v) is 6.02. The van der Waals surface area contributed by atoms with Crippen LogP contribution in [0.3, 0.4) is 0 Å². The highest BCUT2D eigenvalue weighted by Crippen LogP contribution is 2.47. The van der Waals surface area contributed by atoms with Crippen molar-refractivity contribution >= 4 is 6.09 Å². The summed E-state index contributed by atoms with van der Waals surface area (Å²) in [6, 6.07) is 9.71. The molecule has 3 rings (SSSR count). The second kappa shape index (κ2) is 4.77. The summed E-state index contributed by atoms with van der Waals surface area (Å²) in [5.74, 6) is 0. The van der Waals surface area contributed by atoms with Crippen LogP contribution in [0.2, 0.25) is 0 Å². The van der Waals surface area contributed by atoms with E-state index in [9.17, 15) is 9.90 Å². The zero-order valence-corrected chi connectivity index (χ0v) is 11.8. The molecular weight excluding hydrogens is 254 g/mol. The maximum Gasteiger partial charge on any atom is 0.413 e. The van der Waals surface area contributed by atoms with Crippen molar-refractivity contribution in [2.75, 3.05) is 0 Å². The first-order valence-corrected chi connectivity index (χ1v) is 7.32. The maximum atomic E-state index is 12.2. The van der Waals surface area contributed by atoms with Gasteiger partial charge in [-0.3, -0.25) is 4.90 Å². The fourth-order valence-electron chi connectivity index (χ4n) is 3.43. The highest BCUT2D eigenvalue weighted by molar-refractivity contribution is 5.72. The Labute approximate surface area is 119 Å². The van der Waals surface area contributed by atoms with Crippen molar-refractivity contribution in [3.05, 3.63) is 35.9 Å². The molecule has 2 fully saturated rings. The molecule has 1 saturated carbocycles. The van der Waals surface area contributed by atoms with Gasteiger partial charge >= 0.3 is 6.09 Å². The third kappa shape index (κ3) is 1.99. The molecular formula is C16H21NO3. The Morgan fingerprint density at radius 2 is 1.85 bits per heavy atom. The lowest BCUT2D eigenvalue weighted by Gasteiger charge is -2.42. The molecule has 1 atom stereocenters. The molecule has 1 aromatic carbocycles. The standard InChI is InChI=1S/C16H21NO3/c1-15(19)16(10-6-3-7-11-16)20-14(18)17(15)12-13-8-4-2-5-9-13/h2,4-5,8-9,19H,3,6-7,10-12H2,1H3/t15-/m1/s1. The van der Waals surface area contributed by atoms with E-state index >= 15 is 0 Å². The summed E-state index contributed by atoms with van der Waals surface area (Å²) in [6.07, 6.45) is 4.24. The Balaban J connectivity index is 1.86. The van der Waals surface area contributed by atoms with Gasteiger partial charge in [-0.1, -0.05) is 36.8 Å². The first-order valence-electron chi connectivity index (χ1n) is 7.32. The van der Waals surface area contributed by atoms with Crippen LogP contribution in [0, 0.1) is 0 Å². The minimum absolute atomic E-state index is 0.383. The zero-order chi connectivity index (χ0) is 14.2. The van der Waals surface area contributed by atoms with Crippen LogP contribution in [0.1, 0.15) is 44.6 Å². The largest absolute Gasteiger partial charge is 0.438 e. The Morgan fingerprint density at radius 1 is 1.20 bits per heavy atom. The van der Waals surface area contributed by atoms with Crippen LogP contribution in [0.4, 0.5) is 4.79 Å². The fraction of sp³-hybridized carbons (Fsp3) is 0.562. The summed E-state index contributed by atoms with van der Waals surface area (Å²) in [4.78, 5) is 13.7. The number of amides is 1. The second-order valence-electron chi connectivity index (χ2n) is 6.02. The van der Waals surface area contributed by atoms with E-state index in [1.165, 1.54) is 4.90 Å². The lowest BCUT2D eigenvalue weighted by Crippen LogP contribution is -2.56. The van der Waals surface area contributed by atoms with E-state index in [0.717, 1.165) is 37.7 Å². The Morgan fingerprint density at radius 3 is 2.50 bits per heavy atom. The van der Waals surface area contributed by atoms with Crippen molar-refractivity contribution in [3.63, 3.8) is 0 Å². The number of carbonyl (C=O) groups is 1. The van der Waals surface area contributed by atoms with Gasteiger partial charge in [-0.2, -0.15) is 0 Å². The number of ether oxygens (including phenoxy) is 1. The summed E-state index contributed by atoms with van der Waals surface area (Å²) in [5.41, 5.74) is -0.963. The third-order valence-corrected chi connectivity index (χ3v) is 4.74. The predicted molar refractivity (Wildman–Crippen MR) is 74.9 cm³/mol. The fourth-order valence-corrected chi connectivity index (χ4v) is 3.43. The molecule has 4 nitrogen and oxygen atoms in total. The van der Waals surface area contributed by atoms with Gasteiger partial charge in [0.05, 0.1) is 6.54 Å². The van der Waals surface area contributed by atoms with Gasteiger partial charge in [0.25, 0.3) is 0 Å². The maximum absolute atomic E-state index is 12.2. The summed E-state index contributed by atoms with van der Waals surface area (Å²) in [7, 11) is 0. The average Bonchev–Trinajstić information content (AvgIpc) is 2.62. The number of hydrogen-bond acceptors (Lipinski definition) is 3. The van der Waals surface area contributed by atoms with Gasteiger partial charge in [-0.05, 0) is 38.2 Å². The highest BCUT2D eigenvalue weighted by atomic mass is 16.6. The molecule has 0 radical (unpaired) electrons. The molecule has 1 aromatic rings. The molecule has 1 heterocycles. The first kappa shape index (κ1) is 13.4. The number of nitrogens with zero attached hydrogens (tertiary/aromatic N) is 1. The van der Waals surface area contributed by atoms with Crippen LogP contribution in [0.25, 0.3) is 0 Å². The molecule has 1 spiro atoms.